The minimum absolute atomic E-state index is 0.0645. The van der Waals surface area contributed by atoms with Crippen LogP contribution in [0.2, 0.25) is 0 Å². The molecule has 1 aromatic rings. The van der Waals surface area contributed by atoms with E-state index in [0.717, 1.165) is 12.2 Å². The second kappa shape index (κ2) is 5.29. The minimum Gasteiger partial charge on any atom is -0.496 e. The molecule has 0 aliphatic carbocycles. The first-order chi connectivity index (χ1) is 8.63. The molecule has 1 N–H and O–H groups in total. The second-order valence-electron chi connectivity index (χ2n) is 5.36. The number of benzene rings is 1. The summed E-state index contributed by atoms with van der Waals surface area (Å²) < 4.78 is 10.8. The zero-order chi connectivity index (χ0) is 13.2. The number of hydrogen-bond acceptors (Lipinski definition) is 3. The number of ether oxygens (including phenoxy) is 2. The molecule has 18 heavy (non-hydrogen) atoms. The first kappa shape index (κ1) is 13.4. The number of methoxy groups -OCH3 is 1. The molecule has 3 nitrogen and oxygen atoms in total. The standard InChI is InChI=1S/C15H22O3/c1-11(2)12-4-5-14(17-3)13(8-12)15(6-7-16)9-18-10-15/h4-5,8,11,16H,6-7,9-10H2,1-3H3. The van der Waals surface area contributed by atoms with Gasteiger partial charge in [-0.2, -0.15) is 0 Å². The number of aliphatic hydroxyl groups excluding tert-OH is 1. The van der Waals surface area contributed by atoms with Gasteiger partial charge in [0.25, 0.3) is 0 Å². The van der Waals surface area contributed by atoms with Crippen molar-refractivity contribution >= 4 is 0 Å². The third-order valence-electron chi connectivity index (χ3n) is 3.81. The molecule has 0 spiro atoms. The molecule has 1 heterocycles. The van der Waals surface area contributed by atoms with E-state index in [-0.39, 0.29) is 12.0 Å². The molecule has 1 aliphatic heterocycles. The Morgan fingerprint density at radius 1 is 1.39 bits per heavy atom. The third-order valence-corrected chi connectivity index (χ3v) is 3.81. The summed E-state index contributed by atoms with van der Waals surface area (Å²) in [5.41, 5.74) is 2.41. The normalized spacial score (nSPS) is 17.6. The lowest BCUT2D eigenvalue weighted by molar-refractivity contribution is -0.0709. The topological polar surface area (TPSA) is 38.7 Å². The van der Waals surface area contributed by atoms with Crippen molar-refractivity contribution < 1.29 is 14.6 Å². The van der Waals surface area contributed by atoms with Crippen molar-refractivity contribution in [2.24, 2.45) is 0 Å². The van der Waals surface area contributed by atoms with Crippen molar-refractivity contribution in [3.8, 4) is 5.75 Å². The summed E-state index contributed by atoms with van der Waals surface area (Å²) in [5, 5.41) is 9.27. The maximum Gasteiger partial charge on any atom is 0.122 e. The lowest BCUT2D eigenvalue weighted by atomic mass is 9.74. The van der Waals surface area contributed by atoms with Crippen LogP contribution in [-0.2, 0) is 10.2 Å². The van der Waals surface area contributed by atoms with Crippen LogP contribution in [0.3, 0.4) is 0 Å². The van der Waals surface area contributed by atoms with Crippen LogP contribution in [0.15, 0.2) is 18.2 Å². The van der Waals surface area contributed by atoms with Crippen molar-refractivity contribution in [1.82, 2.24) is 0 Å². The highest BCUT2D eigenvalue weighted by Gasteiger charge is 2.42. The van der Waals surface area contributed by atoms with Gasteiger partial charge in [0.15, 0.2) is 0 Å². The summed E-state index contributed by atoms with van der Waals surface area (Å²) in [6.45, 7) is 5.89. The predicted molar refractivity (Wildman–Crippen MR) is 71.3 cm³/mol. The Morgan fingerprint density at radius 3 is 2.56 bits per heavy atom. The summed E-state index contributed by atoms with van der Waals surface area (Å²) in [4.78, 5) is 0. The smallest absolute Gasteiger partial charge is 0.122 e. The van der Waals surface area contributed by atoms with Gasteiger partial charge in [-0.25, -0.2) is 0 Å². The summed E-state index contributed by atoms with van der Waals surface area (Å²) in [5.74, 6) is 1.39. The molecule has 1 saturated heterocycles. The molecule has 3 heteroatoms. The molecule has 0 radical (unpaired) electrons. The number of aliphatic hydroxyl groups is 1. The first-order valence-electron chi connectivity index (χ1n) is 6.50. The molecule has 0 atom stereocenters. The highest BCUT2D eigenvalue weighted by molar-refractivity contribution is 5.44. The first-order valence-corrected chi connectivity index (χ1v) is 6.50. The van der Waals surface area contributed by atoms with Gasteiger partial charge in [-0.3, -0.25) is 0 Å². The van der Waals surface area contributed by atoms with Crippen LogP contribution in [0.5, 0.6) is 5.75 Å². The van der Waals surface area contributed by atoms with Crippen LogP contribution in [-0.4, -0.2) is 32.0 Å². The monoisotopic (exact) mass is 250 g/mol. The maximum absolute atomic E-state index is 9.27. The highest BCUT2D eigenvalue weighted by atomic mass is 16.5. The quantitative estimate of drug-likeness (QED) is 0.872. The van der Waals surface area contributed by atoms with Gasteiger partial charge >= 0.3 is 0 Å². The Hall–Kier alpha value is -1.06. The number of hydrogen-bond donors (Lipinski definition) is 1. The highest BCUT2D eigenvalue weighted by Crippen LogP contribution is 2.41. The second-order valence-corrected chi connectivity index (χ2v) is 5.36. The predicted octanol–water partition coefficient (Wildman–Crippen LogP) is 2.47. The van der Waals surface area contributed by atoms with E-state index in [9.17, 15) is 5.11 Å². The van der Waals surface area contributed by atoms with Gasteiger partial charge in [-0.05, 0) is 24.0 Å². The average molecular weight is 250 g/mol. The van der Waals surface area contributed by atoms with Crippen LogP contribution in [0.4, 0.5) is 0 Å². The van der Waals surface area contributed by atoms with Crippen LogP contribution in [0.1, 0.15) is 37.3 Å². The molecule has 1 aliphatic rings. The molecule has 0 bridgehead atoms. The fourth-order valence-electron chi connectivity index (χ4n) is 2.50. The summed E-state index contributed by atoms with van der Waals surface area (Å²) in [7, 11) is 1.69. The fraction of sp³-hybridized carbons (Fsp3) is 0.600. The fourth-order valence-corrected chi connectivity index (χ4v) is 2.50. The number of rotatable bonds is 5. The van der Waals surface area contributed by atoms with E-state index in [0.29, 0.717) is 19.1 Å². The summed E-state index contributed by atoms with van der Waals surface area (Å²) in [6.07, 6.45) is 0.727. The Balaban J connectivity index is 2.42. The molecule has 100 valence electrons. The van der Waals surface area contributed by atoms with Gasteiger partial charge in [0.2, 0.25) is 0 Å². The van der Waals surface area contributed by atoms with Crippen molar-refractivity contribution in [2.75, 3.05) is 26.9 Å². The molecular weight excluding hydrogens is 228 g/mol. The Bertz CT molecular complexity index is 408. The molecule has 0 saturated carbocycles. The van der Waals surface area contributed by atoms with E-state index in [2.05, 4.69) is 26.0 Å². The van der Waals surface area contributed by atoms with Crippen LogP contribution < -0.4 is 4.74 Å². The van der Waals surface area contributed by atoms with Gasteiger partial charge in [0.1, 0.15) is 5.75 Å². The Morgan fingerprint density at radius 2 is 2.11 bits per heavy atom. The Labute approximate surface area is 109 Å². The van der Waals surface area contributed by atoms with E-state index in [1.54, 1.807) is 7.11 Å². The molecule has 0 unspecified atom stereocenters. The van der Waals surface area contributed by atoms with Crippen molar-refractivity contribution in [3.05, 3.63) is 29.3 Å². The Kier molecular flexibility index (Phi) is 3.93. The lowest BCUT2D eigenvalue weighted by Crippen LogP contribution is -2.47. The van der Waals surface area contributed by atoms with Gasteiger partial charge in [-0.1, -0.05) is 26.0 Å². The SMILES string of the molecule is COc1ccc(C(C)C)cc1C1(CCO)COC1. The van der Waals surface area contributed by atoms with Gasteiger partial charge in [-0.15, -0.1) is 0 Å². The van der Waals surface area contributed by atoms with Gasteiger partial charge in [0, 0.05) is 17.6 Å². The zero-order valence-electron chi connectivity index (χ0n) is 11.4. The summed E-state index contributed by atoms with van der Waals surface area (Å²) >= 11 is 0. The minimum atomic E-state index is -0.0645. The van der Waals surface area contributed by atoms with Crippen molar-refractivity contribution in [3.63, 3.8) is 0 Å². The van der Waals surface area contributed by atoms with Gasteiger partial charge in [0.05, 0.1) is 20.3 Å². The van der Waals surface area contributed by atoms with E-state index in [4.69, 9.17) is 9.47 Å². The average Bonchev–Trinajstić information content (AvgIpc) is 2.33. The van der Waals surface area contributed by atoms with Crippen molar-refractivity contribution in [2.45, 2.75) is 31.6 Å². The molecule has 1 aromatic carbocycles. The molecular formula is C15H22O3. The molecule has 0 amide bonds. The third kappa shape index (κ3) is 2.25. The lowest BCUT2D eigenvalue weighted by Gasteiger charge is -2.42. The maximum atomic E-state index is 9.27. The zero-order valence-corrected chi connectivity index (χ0v) is 11.4. The van der Waals surface area contributed by atoms with Crippen LogP contribution in [0.25, 0.3) is 0 Å². The van der Waals surface area contributed by atoms with Gasteiger partial charge < -0.3 is 14.6 Å². The molecule has 2 rings (SSSR count). The van der Waals surface area contributed by atoms with E-state index in [1.165, 1.54) is 11.1 Å². The molecule has 0 aromatic heterocycles. The van der Waals surface area contributed by atoms with Crippen LogP contribution in [0, 0.1) is 0 Å². The molecule has 1 fully saturated rings. The van der Waals surface area contributed by atoms with E-state index in [1.807, 2.05) is 6.07 Å². The van der Waals surface area contributed by atoms with Crippen LogP contribution >= 0.6 is 0 Å². The van der Waals surface area contributed by atoms with E-state index >= 15 is 0 Å². The van der Waals surface area contributed by atoms with E-state index < -0.39 is 0 Å². The summed E-state index contributed by atoms with van der Waals surface area (Å²) in [6, 6.07) is 6.35. The van der Waals surface area contributed by atoms with Crippen molar-refractivity contribution in [1.29, 1.82) is 0 Å². The largest absolute Gasteiger partial charge is 0.496 e.